The first kappa shape index (κ1) is 23.1. The summed E-state index contributed by atoms with van der Waals surface area (Å²) in [6, 6.07) is 11.4. The van der Waals surface area contributed by atoms with Gasteiger partial charge in [-0.2, -0.15) is 15.8 Å². The summed E-state index contributed by atoms with van der Waals surface area (Å²) in [5, 5.41) is 27.4. The van der Waals surface area contributed by atoms with Crippen molar-refractivity contribution in [3.05, 3.63) is 98.8 Å². The molecule has 34 heavy (non-hydrogen) atoms. The Bertz CT molecular complexity index is 1470. The quantitative estimate of drug-likeness (QED) is 0.437. The molecule has 8 heteroatoms. The Kier molecular flexibility index (Phi) is 7.25. The molecule has 0 bridgehead atoms. The van der Waals surface area contributed by atoms with Crippen molar-refractivity contribution in [2.75, 3.05) is 0 Å². The lowest BCUT2D eigenvalue weighted by molar-refractivity contribution is 0.617. The molecular weight excluding hydrogens is 434 g/mol. The number of hydrogen-bond acceptors (Lipinski definition) is 5. The summed E-state index contributed by atoms with van der Waals surface area (Å²) in [6.45, 7) is 7.01. The van der Waals surface area contributed by atoms with Gasteiger partial charge >= 0.3 is 0 Å². The maximum atomic E-state index is 14.1. The molecule has 2 heterocycles. The minimum absolute atomic E-state index is 0.00275. The zero-order chi connectivity index (χ0) is 24.5. The highest BCUT2D eigenvalue weighted by Gasteiger charge is 2.10. The average Bonchev–Trinajstić information content (AvgIpc) is 2.84. The molecule has 6 nitrogen and oxygen atoms in total. The van der Waals surface area contributed by atoms with E-state index in [0.717, 1.165) is 12.4 Å². The molecule has 0 saturated carbocycles. The molecule has 3 rings (SSSR count). The van der Waals surface area contributed by atoms with Crippen molar-refractivity contribution in [1.82, 2.24) is 9.97 Å². The van der Waals surface area contributed by atoms with Gasteiger partial charge in [-0.1, -0.05) is 36.3 Å². The first-order chi connectivity index (χ1) is 16.5. The third-order valence-electron chi connectivity index (χ3n) is 4.46. The normalized spacial score (nSPS) is 9.12. The molecule has 0 fully saturated rings. The van der Waals surface area contributed by atoms with E-state index in [1.54, 1.807) is 12.1 Å². The molecule has 0 spiro atoms. The number of rotatable bonds is 2. The Morgan fingerprint density at radius 2 is 1.26 bits per heavy atom. The summed E-state index contributed by atoms with van der Waals surface area (Å²) in [5.74, 6) is 9.44. The Morgan fingerprint density at radius 1 is 0.735 bits per heavy atom. The van der Waals surface area contributed by atoms with E-state index in [4.69, 9.17) is 11.8 Å². The van der Waals surface area contributed by atoms with E-state index in [9.17, 15) is 19.3 Å². The Balaban J connectivity index is 2.16. The summed E-state index contributed by atoms with van der Waals surface area (Å²) < 4.78 is 28.1. The van der Waals surface area contributed by atoms with Crippen molar-refractivity contribution in [1.29, 1.82) is 15.8 Å². The monoisotopic (exact) mass is 444 g/mol. The van der Waals surface area contributed by atoms with Gasteiger partial charge in [0.25, 0.3) is 5.82 Å². The van der Waals surface area contributed by atoms with Crippen molar-refractivity contribution in [2.45, 2.75) is 12.8 Å². The van der Waals surface area contributed by atoms with E-state index in [2.05, 4.69) is 38.5 Å². The van der Waals surface area contributed by atoms with Gasteiger partial charge in [-0.3, -0.25) is 0 Å². The van der Waals surface area contributed by atoms with Crippen LogP contribution in [-0.4, -0.2) is 9.97 Å². The lowest BCUT2D eigenvalue weighted by Crippen LogP contribution is -1.98. The van der Waals surface area contributed by atoms with Gasteiger partial charge in [-0.25, -0.2) is 13.8 Å². The van der Waals surface area contributed by atoms with Crippen LogP contribution in [0.5, 0.6) is 0 Å². The van der Waals surface area contributed by atoms with Crippen molar-refractivity contribution in [3.63, 3.8) is 0 Å². The standard InChI is InChI=1S/C26H10F2N6/c1-32-26-13-22(25(28)16-34-26)5-3-18-10-17(19(6-8-29)11-20(18)7-9-30)2-4-21-12-23(14-31)33-15-24(21)27/h10-13,15-16H,6-7H2. The van der Waals surface area contributed by atoms with Crippen LogP contribution in [0.25, 0.3) is 4.85 Å². The Morgan fingerprint density at radius 3 is 1.79 bits per heavy atom. The largest absolute Gasteiger partial charge is 0.361 e. The van der Waals surface area contributed by atoms with Crippen molar-refractivity contribution < 1.29 is 8.78 Å². The van der Waals surface area contributed by atoms with Crippen molar-refractivity contribution in [3.8, 4) is 41.9 Å². The topological polar surface area (TPSA) is 102 Å². The average molecular weight is 444 g/mol. The van der Waals surface area contributed by atoms with E-state index in [1.807, 2.05) is 18.2 Å². The summed E-state index contributed by atoms with van der Waals surface area (Å²) in [6.07, 6.45) is 1.75. The van der Waals surface area contributed by atoms with Gasteiger partial charge in [0, 0.05) is 11.1 Å². The highest BCUT2D eigenvalue weighted by Crippen LogP contribution is 2.19. The van der Waals surface area contributed by atoms with Gasteiger partial charge < -0.3 is 4.85 Å². The van der Waals surface area contributed by atoms with E-state index >= 15 is 0 Å². The third-order valence-corrected chi connectivity index (χ3v) is 4.46. The van der Waals surface area contributed by atoms with Crippen molar-refractivity contribution in [2.24, 2.45) is 0 Å². The van der Waals surface area contributed by atoms with Crippen LogP contribution in [0, 0.1) is 75.9 Å². The van der Waals surface area contributed by atoms with Gasteiger partial charge in [0.1, 0.15) is 11.8 Å². The number of pyridine rings is 2. The molecule has 3 aromatic rings. The maximum absolute atomic E-state index is 14.1. The van der Waals surface area contributed by atoms with Crippen LogP contribution in [-0.2, 0) is 12.8 Å². The number of nitrogens with zero attached hydrogens (tertiary/aromatic N) is 6. The molecular formula is C26H10F2N6. The molecule has 1 aromatic carbocycles. The van der Waals surface area contributed by atoms with Crippen LogP contribution in [0.3, 0.4) is 0 Å². The minimum Gasteiger partial charge on any atom is -0.361 e. The van der Waals surface area contributed by atoms with E-state index in [-0.39, 0.29) is 35.5 Å². The highest BCUT2D eigenvalue weighted by atomic mass is 19.1. The second-order valence-corrected chi connectivity index (χ2v) is 6.63. The second-order valence-electron chi connectivity index (χ2n) is 6.63. The van der Waals surface area contributed by atoms with Crippen LogP contribution < -0.4 is 0 Å². The fraction of sp³-hybridized carbons (Fsp3) is 0.0769. The summed E-state index contributed by atoms with van der Waals surface area (Å²) in [5.41, 5.74) is 1.64. The fourth-order valence-electron chi connectivity index (χ4n) is 2.84. The third kappa shape index (κ3) is 5.38. The van der Waals surface area contributed by atoms with Gasteiger partial charge in [0.05, 0.1) is 42.3 Å². The smallest absolute Gasteiger partial charge is 0.270 e. The predicted octanol–water partition coefficient (Wildman–Crippen LogP) is 4.11. The summed E-state index contributed by atoms with van der Waals surface area (Å²) in [7, 11) is 0. The zero-order valence-corrected chi connectivity index (χ0v) is 17.3. The number of halogens is 2. The Hall–Kier alpha value is -5.54. The molecule has 0 saturated heterocycles. The molecule has 0 aliphatic carbocycles. The van der Waals surface area contributed by atoms with Crippen LogP contribution >= 0.6 is 0 Å². The van der Waals surface area contributed by atoms with Gasteiger partial charge in [-0.05, 0) is 29.3 Å². The summed E-state index contributed by atoms with van der Waals surface area (Å²) in [4.78, 5) is 10.4. The van der Waals surface area contributed by atoms with Crippen molar-refractivity contribution >= 4 is 5.82 Å². The maximum Gasteiger partial charge on any atom is 0.270 e. The van der Waals surface area contributed by atoms with E-state index < -0.39 is 11.6 Å². The first-order valence-electron chi connectivity index (χ1n) is 9.51. The number of aromatic nitrogens is 2. The molecule has 0 N–H and O–H groups in total. The lowest BCUT2D eigenvalue weighted by atomic mass is 9.95. The first-order valence-corrected chi connectivity index (χ1v) is 9.51. The number of nitriles is 3. The SMILES string of the molecule is [C-]#[N+]c1cc(C#Cc2cc(C#Cc3cc(C#N)ncc3F)c(CC#N)cc2CC#N)c(F)cn1. The molecule has 0 unspecified atom stereocenters. The molecule has 0 aliphatic heterocycles. The molecule has 0 atom stereocenters. The molecule has 0 radical (unpaired) electrons. The lowest BCUT2D eigenvalue weighted by Gasteiger charge is -2.07. The van der Waals surface area contributed by atoms with Crippen LogP contribution in [0.2, 0.25) is 0 Å². The fourth-order valence-corrected chi connectivity index (χ4v) is 2.84. The van der Waals surface area contributed by atoms with Gasteiger partial charge in [0.15, 0.2) is 17.8 Å². The van der Waals surface area contributed by atoms with Gasteiger partial charge in [0.2, 0.25) is 0 Å². The highest BCUT2D eigenvalue weighted by molar-refractivity contribution is 5.57. The predicted molar refractivity (Wildman–Crippen MR) is 116 cm³/mol. The molecule has 158 valence electrons. The molecule has 0 amide bonds. The number of hydrogen-bond donors (Lipinski definition) is 0. The number of benzene rings is 1. The van der Waals surface area contributed by atoms with Crippen LogP contribution in [0.15, 0.2) is 36.7 Å². The van der Waals surface area contributed by atoms with Gasteiger partial charge in [-0.15, -0.1) is 4.98 Å². The minimum atomic E-state index is -0.710. The van der Waals surface area contributed by atoms with Crippen LogP contribution in [0.1, 0.15) is 39.1 Å². The van der Waals surface area contributed by atoms with Crippen LogP contribution in [0.4, 0.5) is 14.6 Å². The van der Waals surface area contributed by atoms with E-state index in [0.29, 0.717) is 22.3 Å². The Labute approximate surface area is 194 Å². The van der Waals surface area contributed by atoms with E-state index in [1.165, 1.54) is 12.1 Å². The molecule has 0 aliphatic rings. The molecule has 2 aromatic heterocycles. The zero-order valence-electron chi connectivity index (χ0n) is 17.3. The summed E-state index contributed by atoms with van der Waals surface area (Å²) >= 11 is 0. The second kappa shape index (κ2) is 10.7.